The maximum Gasteiger partial charge on any atom is 0.0300 e. The normalized spacial score (nSPS) is 24.3. The lowest BCUT2D eigenvalue weighted by molar-refractivity contribution is 0.182. The van der Waals surface area contributed by atoms with Crippen molar-refractivity contribution in [1.29, 1.82) is 0 Å². The summed E-state index contributed by atoms with van der Waals surface area (Å²) in [5, 5.41) is 7.26. The van der Waals surface area contributed by atoms with E-state index in [1.54, 1.807) is 0 Å². The number of hydrogen-bond donors (Lipinski definition) is 2. The zero-order valence-corrected chi connectivity index (χ0v) is 12.5. The van der Waals surface area contributed by atoms with Gasteiger partial charge in [-0.2, -0.15) is 0 Å². The van der Waals surface area contributed by atoms with Crippen LogP contribution in [0, 0.1) is 12.3 Å². The highest BCUT2D eigenvalue weighted by Gasteiger charge is 2.30. The summed E-state index contributed by atoms with van der Waals surface area (Å²) in [5.41, 5.74) is 0.499. The first kappa shape index (κ1) is 14.0. The molecule has 0 aromatic carbocycles. The molecular weight excluding hydrogens is 240 g/mol. The SMILES string of the molecule is CCCC1(CNCc2ccc(C)s2)CCCNC1. The Labute approximate surface area is 115 Å². The van der Waals surface area contributed by atoms with Crippen LogP contribution >= 0.6 is 11.3 Å². The van der Waals surface area contributed by atoms with Gasteiger partial charge in [0, 0.05) is 29.4 Å². The Hall–Kier alpha value is -0.380. The molecule has 2 rings (SSSR count). The van der Waals surface area contributed by atoms with E-state index in [1.807, 2.05) is 11.3 Å². The third-order valence-corrected chi connectivity index (χ3v) is 4.94. The van der Waals surface area contributed by atoms with Crippen molar-refractivity contribution in [3.05, 3.63) is 21.9 Å². The monoisotopic (exact) mass is 266 g/mol. The van der Waals surface area contributed by atoms with Gasteiger partial charge in [0.05, 0.1) is 0 Å². The van der Waals surface area contributed by atoms with Crippen LogP contribution in [0.4, 0.5) is 0 Å². The summed E-state index contributed by atoms with van der Waals surface area (Å²) in [4.78, 5) is 2.87. The predicted molar refractivity (Wildman–Crippen MR) is 80.2 cm³/mol. The van der Waals surface area contributed by atoms with Gasteiger partial charge in [0.1, 0.15) is 0 Å². The molecule has 0 aliphatic carbocycles. The number of aryl methyl sites for hydroxylation is 1. The maximum absolute atomic E-state index is 3.68. The third-order valence-electron chi connectivity index (χ3n) is 3.94. The van der Waals surface area contributed by atoms with Gasteiger partial charge in [0.25, 0.3) is 0 Å². The molecule has 0 radical (unpaired) electrons. The largest absolute Gasteiger partial charge is 0.316 e. The number of nitrogens with one attached hydrogen (secondary N) is 2. The van der Waals surface area contributed by atoms with Crippen LogP contribution in [-0.2, 0) is 6.54 Å². The van der Waals surface area contributed by atoms with E-state index in [-0.39, 0.29) is 0 Å². The molecule has 1 aromatic heterocycles. The topological polar surface area (TPSA) is 24.1 Å². The first-order chi connectivity index (χ1) is 8.74. The molecule has 1 aliphatic rings. The maximum atomic E-state index is 3.68. The summed E-state index contributed by atoms with van der Waals surface area (Å²) in [6.07, 6.45) is 5.35. The Morgan fingerprint density at radius 3 is 2.94 bits per heavy atom. The average Bonchev–Trinajstić information content (AvgIpc) is 2.77. The molecule has 18 heavy (non-hydrogen) atoms. The minimum Gasteiger partial charge on any atom is -0.316 e. The first-order valence-corrected chi connectivity index (χ1v) is 8.02. The lowest BCUT2D eigenvalue weighted by Crippen LogP contribution is -2.46. The molecule has 0 amide bonds. The van der Waals surface area contributed by atoms with Gasteiger partial charge in [0.15, 0.2) is 0 Å². The van der Waals surface area contributed by atoms with Crippen molar-refractivity contribution in [1.82, 2.24) is 10.6 Å². The van der Waals surface area contributed by atoms with Crippen LogP contribution in [0.5, 0.6) is 0 Å². The predicted octanol–water partition coefficient (Wildman–Crippen LogP) is 3.32. The molecular formula is C15H26N2S. The lowest BCUT2D eigenvalue weighted by Gasteiger charge is -2.38. The molecule has 1 atom stereocenters. The van der Waals surface area contributed by atoms with Gasteiger partial charge in [0.2, 0.25) is 0 Å². The summed E-state index contributed by atoms with van der Waals surface area (Å²) >= 11 is 1.91. The second-order valence-electron chi connectivity index (χ2n) is 5.65. The summed E-state index contributed by atoms with van der Waals surface area (Å²) < 4.78 is 0. The number of rotatable bonds is 6. The van der Waals surface area contributed by atoms with Crippen molar-refractivity contribution in [2.45, 2.75) is 46.1 Å². The Kier molecular flexibility index (Phi) is 5.22. The highest BCUT2D eigenvalue weighted by atomic mass is 32.1. The molecule has 102 valence electrons. The summed E-state index contributed by atoms with van der Waals surface area (Å²) in [6.45, 7) is 9.07. The van der Waals surface area contributed by atoms with Crippen LogP contribution in [0.3, 0.4) is 0 Å². The van der Waals surface area contributed by atoms with E-state index in [4.69, 9.17) is 0 Å². The van der Waals surface area contributed by atoms with E-state index in [0.717, 1.165) is 13.1 Å². The highest BCUT2D eigenvalue weighted by molar-refractivity contribution is 7.11. The van der Waals surface area contributed by atoms with E-state index < -0.39 is 0 Å². The molecule has 0 saturated carbocycles. The second-order valence-corrected chi connectivity index (χ2v) is 7.02. The average molecular weight is 266 g/mol. The van der Waals surface area contributed by atoms with Gasteiger partial charge < -0.3 is 10.6 Å². The van der Waals surface area contributed by atoms with Gasteiger partial charge in [-0.25, -0.2) is 0 Å². The molecule has 1 aliphatic heterocycles. The Balaban J connectivity index is 1.82. The molecule has 1 fully saturated rings. The standard InChI is InChI=1S/C15H26N2S/c1-3-7-15(8-4-9-16-11-15)12-17-10-14-6-5-13(2)18-14/h5-6,16-17H,3-4,7-12H2,1-2H3. The molecule has 1 saturated heterocycles. The fourth-order valence-corrected chi connectivity index (χ4v) is 3.90. The lowest BCUT2D eigenvalue weighted by atomic mass is 9.77. The zero-order valence-electron chi connectivity index (χ0n) is 11.7. The number of piperidine rings is 1. The van der Waals surface area contributed by atoms with Crippen molar-refractivity contribution >= 4 is 11.3 Å². The molecule has 2 nitrogen and oxygen atoms in total. The summed E-state index contributed by atoms with van der Waals surface area (Å²) in [5.74, 6) is 0. The smallest absolute Gasteiger partial charge is 0.0300 e. The Morgan fingerprint density at radius 1 is 1.44 bits per heavy atom. The quantitative estimate of drug-likeness (QED) is 0.825. The van der Waals surface area contributed by atoms with Crippen molar-refractivity contribution in [2.75, 3.05) is 19.6 Å². The Morgan fingerprint density at radius 2 is 2.33 bits per heavy atom. The van der Waals surface area contributed by atoms with Crippen molar-refractivity contribution in [3.8, 4) is 0 Å². The second kappa shape index (κ2) is 6.69. The highest BCUT2D eigenvalue weighted by Crippen LogP contribution is 2.31. The van der Waals surface area contributed by atoms with Gasteiger partial charge >= 0.3 is 0 Å². The molecule has 0 bridgehead atoms. The van der Waals surface area contributed by atoms with Gasteiger partial charge in [-0.1, -0.05) is 13.3 Å². The number of hydrogen-bond acceptors (Lipinski definition) is 3. The molecule has 0 spiro atoms. The van der Waals surface area contributed by atoms with E-state index in [2.05, 4.69) is 36.6 Å². The van der Waals surface area contributed by atoms with E-state index in [1.165, 1.54) is 48.5 Å². The fraction of sp³-hybridized carbons (Fsp3) is 0.733. The van der Waals surface area contributed by atoms with E-state index >= 15 is 0 Å². The van der Waals surface area contributed by atoms with Crippen LogP contribution in [0.15, 0.2) is 12.1 Å². The third kappa shape index (κ3) is 3.81. The minimum atomic E-state index is 0.499. The van der Waals surface area contributed by atoms with Crippen LogP contribution in [0.25, 0.3) is 0 Å². The zero-order chi connectivity index (χ0) is 12.8. The van der Waals surface area contributed by atoms with Gasteiger partial charge in [-0.05, 0) is 50.3 Å². The number of thiophene rings is 1. The molecule has 1 unspecified atom stereocenters. The summed E-state index contributed by atoms with van der Waals surface area (Å²) in [7, 11) is 0. The molecule has 2 heterocycles. The Bertz CT molecular complexity index is 348. The molecule has 2 N–H and O–H groups in total. The van der Waals surface area contributed by atoms with Gasteiger partial charge in [-0.15, -0.1) is 11.3 Å². The summed E-state index contributed by atoms with van der Waals surface area (Å²) in [6, 6.07) is 4.46. The van der Waals surface area contributed by atoms with Gasteiger partial charge in [-0.3, -0.25) is 0 Å². The van der Waals surface area contributed by atoms with Crippen LogP contribution in [0.2, 0.25) is 0 Å². The van der Waals surface area contributed by atoms with E-state index in [0.29, 0.717) is 5.41 Å². The van der Waals surface area contributed by atoms with Crippen LogP contribution < -0.4 is 10.6 Å². The van der Waals surface area contributed by atoms with Crippen LogP contribution in [-0.4, -0.2) is 19.6 Å². The fourth-order valence-electron chi connectivity index (χ4n) is 3.04. The van der Waals surface area contributed by atoms with E-state index in [9.17, 15) is 0 Å². The van der Waals surface area contributed by atoms with Crippen molar-refractivity contribution in [3.63, 3.8) is 0 Å². The molecule has 3 heteroatoms. The van der Waals surface area contributed by atoms with Crippen molar-refractivity contribution in [2.24, 2.45) is 5.41 Å². The van der Waals surface area contributed by atoms with Crippen molar-refractivity contribution < 1.29 is 0 Å². The van der Waals surface area contributed by atoms with Crippen LogP contribution in [0.1, 0.15) is 42.4 Å². The minimum absolute atomic E-state index is 0.499. The first-order valence-electron chi connectivity index (χ1n) is 7.21. The molecule has 1 aromatic rings.